The standard InChI is InChI=1S/C19H38N6O.HI/c1-4-23-8-10-24(11-9-23)14-16(2)13-22-19(21-3)25-7-5-6-17(15-25)12-18(20)26;/h16-17H,4-15H2,1-3H3,(H2,20,26)(H,21,22);1H. The molecule has 0 aromatic rings. The van der Waals surface area contributed by atoms with Gasteiger partial charge < -0.3 is 25.8 Å². The van der Waals surface area contributed by atoms with E-state index in [1.54, 1.807) is 0 Å². The van der Waals surface area contributed by atoms with Crippen molar-refractivity contribution in [1.82, 2.24) is 20.0 Å². The highest BCUT2D eigenvalue weighted by Crippen LogP contribution is 2.19. The van der Waals surface area contributed by atoms with Crippen molar-refractivity contribution in [3.05, 3.63) is 0 Å². The Morgan fingerprint density at radius 2 is 1.89 bits per heavy atom. The number of amides is 1. The lowest BCUT2D eigenvalue weighted by atomic mass is 9.95. The number of piperidine rings is 1. The minimum atomic E-state index is -0.198. The van der Waals surface area contributed by atoms with Crippen molar-refractivity contribution in [2.75, 3.05) is 66.0 Å². The van der Waals surface area contributed by atoms with Crippen LogP contribution in [0.25, 0.3) is 0 Å². The normalized spacial score (nSPS) is 23.6. The molecule has 7 nitrogen and oxygen atoms in total. The van der Waals surface area contributed by atoms with Crippen LogP contribution in [-0.2, 0) is 4.79 Å². The molecule has 2 fully saturated rings. The van der Waals surface area contributed by atoms with E-state index in [1.165, 1.54) is 26.2 Å². The van der Waals surface area contributed by atoms with Crippen LogP contribution >= 0.6 is 24.0 Å². The van der Waals surface area contributed by atoms with E-state index in [0.717, 1.165) is 51.5 Å². The van der Waals surface area contributed by atoms with E-state index in [4.69, 9.17) is 5.73 Å². The number of primary amides is 1. The van der Waals surface area contributed by atoms with Gasteiger partial charge in [0.2, 0.25) is 5.91 Å². The number of hydrogen-bond donors (Lipinski definition) is 2. The van der Waals surface area contributed by atoms with Crippen LogP contribution in [0.15, 0.2) is 4.99 Å². The van der Waals surface area contributed by atoms with Gasteiger partial charge in [0.1, 0.15) is 0 Å². The van der Waals surface area contributed by atoms with Crippen LogP contribution in [0.5, 0.6) is 0 Å². The molecule has 2 aliphatic rings. The molecule has 3 N–H and O–H groups in total. The first kappa shape index (κ1) is 24.4. The first-order valence-electron chi connectivity index (χ1n) is 10.2. The Hall–Kier alpha value is -0.610. The first-order valence-corrected chi connectivity index (χ1v) is 10.2. The van der Waals surface area contributed by atoms with Gasteiger partial charge in [0.15, 0.2) is 5.96 Å². The molecule has 0 aromatic carbocycles. The van der Waals surface area contributed by atoms with E-state index in [1.807, 2.05) is 7.05 Å². The summed E-state index contributed by atoms with van der Waals surface area (Å²) in [6, 6.07) is 0. The number of piperazine rings is 1. The summed E-state index contributed by atoms with van der Waals surface area (Å²) in [6.45, 7) is 14.4. The number of likely N-dealkylation sites (tertiary alicyclic amines) is 1. The Labute approximate surface area is 182 Å². The fraction of sp³-hybridized carbons (Fsp3) is 0.895. The molecular weight excluding hydrogens is 455 g/mol. The van der Waals surface area contributed by atoms with Crippen molar-refractivity contribution < 1.29 is 4.79 Å². The van der Waals surface area contributed by atoms with Crippen LogP contribution in [0, 0.1) is 11.8 Å². The third kappa shape index (κ3) is 8.51. The van der Waals surface area contributed by atoms with E-state index >= 15 is 0 Å². The predicted octanol–water partition coefficient (Wildman–Crippen LogP) is 1.04. The lowest BCUT2D eigenvalue weighted by Gasteiger charge is -2.36. The number of nitrogens with zero attached hydrogens (tertiary/aromatic N) is 4. The first-order chi connectivity index (χ1) is 12.5. The highest BCUT2D eigenvalue weighted by Gasteiger charge is 2.24. The molecule has 158 valence electrons. The smallest absolute Gasteiger partial charge is 0.217 e. The van der Waals surface area contributed by atoms with Crippen LogP contribution < -0.4 is 11.1 Å². The van der Waals surface area contributed by atoms with Crippen LogP contribution in [0.1, 0.15) is 33.1 Å². The number of rotatable bonds is 7. The van der Waals surface area contributed by atoms with Crippen molar-refractivity contribution in [2.24, 2.45) is 22.6 Å². The van der Waals surface area contributed by atoms with Crippen molar-refractivity contribution in [1.29, 1.82) is 0 Å². The second-order valence-electron chi connectivity index (χ2n) is 7.89. The van der Waals surface area contributed by atoms with Gasteiger partial charge in [-0.25, -0.2) is 0 Å². The van der Waals surface area contributed by atoms with E-state index in [-0.39, 0.29) is 29.9 Å². The molecule has 0 aromatic heterocycles. The summed E-state index contributed by atoms with van der Waals surface area (Å²) in [5, 5.41) is 3.54. The summed E-state index contributed by atoms with van der Waals surface area (Å²) in [6.07, 6.45) is 2.65. The summed E-state index contributed by atoms with van der Waals surface area (Å²) in [5.74, 6) is 1.69. The van der Waals surface area contributed by atoms with Gasteiger partial charge in [-0.1, -0.05) is 13.8 Å². The second-order valence-corrected chi connectivity index (χ2v) is 7.89. The van der Waals surface area contributed by atoms with Gasteiger partial charge >= 0.3 is 0 Å². The van der Waals surface area contributed by atoms with Gasteiger partial charge in [-0.15, -0.1) is 24.0 Å². The zero-order chi connectivity index (χ0) is 18.9. The molecule has 0 radical (unpaired) electrons. The molecule has 2 aliphatic heterocycles. The fourth-order valence-corrected chi connectivity index (χ4v) is 4.10. The number of halogens is 1. The number of aliphatic imine (C=N–C) groups is 1. The predicted molar refractivity (Wildman–Crippen MR) is 123 cm³/mol. The topological polar surface area (TPSA) is 77.2 Å². The Morgan fingerprint density at radius 1 is 1.22 bits per heavy atom. The largest absolute Gasteiger partial charge is 0.370 e. The van der Waals surface area contributed by atoms with E-state index < -0.39 is 0 Å². The van der Waals surface area contributed by atoms with Gasteiger partial charge in [-0.2, -0.15) is 0 Å². The average Bonchev–Trinajstić information content (AvgIpc) is 2.62. The average molecular weight is 494 g/mol. The third-order valence-electron chi connectivity index (χ3n) is 5.61. The number of nitrogens with two attached hydrogens (primary N) is 1. The summed E-state index contributed by atoms with van der Waals surface area (Å²) < 4.78 is 0. The van der Waals surface area contributed by atoms with Gasteiger partial charge in [0.25, 0.3) is 0 Å². The third-order valence-corrected chi connectivity index (χ3v) is 5.61. The molecule has 2 rings (SSSR count). The Balaban J connectivity index is 0.00000364. The molecule has 1 amide bonds. The molecule has 27 heavy (non-hydrogen) atoms. The molecule has 0 bridgehead atoms. The molecule has 2 heterocycles. The van der Waals surface area contributed by atoms with Gasteiger partial charge in [0.05, 0.1) is 0 Å². The highest BCUT2D eigenvalue weighted by atomic mass is 127. The maximum atomic E-state index is 11.2. The zero-order valence-electron chi connectivity index (χ0n) is 17.3. The number of carbonyl (C=O) groups excluding carboxylic acids is 1. The van der Waals surface area contributed by atoms with Crippen LogP contribution in [-0.4, -0.2) is 92.5 Å². The van der Waals surface area contributed by atoms with Crippen molar-refractivity contribution in [3.8, 4) is 0 Å². The lowest BCUT2D eigenvalue weighted by molar-refractivity contribution is -0.119. The Kier molecular flexibility index (Phi) is 11.6. The molecule has 8 heteroatoms. The van der Waals surface area contributed by atoms with Crippen LogP contribution in [0.3, 0.4) is 0 Å². The number of likely N-dealkylation sites (N-methyl/N-ethyl adjacent to an activating group) is 1. The molecule has 2 saturated heterocycles. The molecule has 0 aliphatic carbocycles. The lowest BCUT2D eigenvalue weighted by Crippen LogP contribution is -2.50. The summed E-state index contributed by atoms with van der Waals surface area (Å²) in [5.41, 5.74) is 5.37. The quantitative estimate of drug-likeness (QED) is 0.314. The Morgan fingerprint density at radius 3 is 2.48 bits per heavy atom. The van der Waals surface area contributed by atoms with Gasteiger partial charge in [-0.05, 0) is 31.2 Å². The number of guanidine groups is 1. The maximum Gasteiger partial charge on any atom is 0.217 e. The molecule has 0 spiro atoms. The fourth-order valence-electron chi connectivity index (χ4n) is 4.10. The summed E-state index contributed by atoms with van der Waals surface area (Å²) >= 11 is 0. The van der Waals surface area contributed by atoms with Crippen molar-refractivity contribution >= 4 is 35.8 Å². The van der Waals surface area contributed by atoms with Crippen molar-refractivity contribution in [2.45, 2.75) is 33.1 Å². The summed E-state index contributed by atoms with van der Waals surface area (Å²) in [4.78, 5) is 23.0. The second kappa shape index (κ2) is 12.8. The molecule has 2 unspecified atom stereocenters. The highest BCUT2D eigenvalue weighted by molar-refractivity contribution is 14.0. The van der Waals surface area contributed by atoms with Gasteiger partial charge in [0, 0.05) is 65.8 Å². The zero-order valence-corrected chi connectivity index (χ0v) is 19.7. The SMILES string of the molecule is CCN1CCN(CC(C)CNC(=NC)N2CCCC(CC(N)=O)C2)CC1.I. The maximum absolute atomic E-state index is 11.2. The van der Waals surface area contributed by atoms with E-state index in [2.05, 4.69) is 38.9 Å². The minimum Gasteiger partial charge on any atom is -0.370 e. The monoisotopic (exact) mass is 494 g/mol. The van der Waals surface area contributed by atoms with Crippen LogP contribution in [0.2, 0.25) is 0 Å². The van der Waals surface area contributed by atoms with Crippen molar-refractivity contribution in [3.63, 3.8) is 0 Å². The molecule has 0 saturated carbocycles. The van der Waals surface area contributed by atoms with Gasteiger partial charge in [-0.3, -0.25) is 9.79 Å². The minimum absolute atomic E-state index is 0. The summed E-state index contributed by atoms with van der Waals surface area (Å²) in [7, 11) is 1.84. The van der Waals surface area contributed by atoms with E-state index in [9.17, 15) is 4.79 Å². The molecule has 2 atom stereocenters. The van der Waals surface area contributed by atoms with E-state index in [0.29, 0.717) is 18.3 Å². The number of carbonyl (C=O) groups is 1. The Bertz CT molecular complexity index is 467. The molecular formula is C19H39IN6O. The van der Waals surface area contributed by atoms with Crippen LogP contribution in [0.4, 0.5) is 0 Å². The number of nitrogens with one attached hydrogen (secondary N) is 1. The number of hydrogen-bond acceptors (Lipinski definition) is 4.